The van der Waals surface area contributed by atoms with Gasteiger partial charge in [0, 0.05) is 52.3 Å². The Morgan fingerprint density at radius 1 is 1.02 bits per heavy atom. The Morgan fingerprint density at radius 2 is 1.81 bits per heavy atom. The van der Waals surface area contributed by atoms with Crippen molar-refractivity contribution in [2.24, 2.45) is 5.73 Å². The van der Waals surface area contributed by atoms with Crippen LogP contribution in [-0.2, 0) is 28.9 Å². The van der Waals surface area contributed by atoms with E-state index in [9.17, 15) is 24.3 Å². The molecule has 0 saturated carbocycles. The number of pyridine rings is 1. The number of amides is 2. The standard InChI is InChI=1S/C36H38N4O7S/c1-5-12-38-34(43)28-9-7-23(31(39-28)35(44)45)24-18-29-26(32-21(10-13-46-29)11-14-48-32)17-25(24)33(42)40-27-8-6-20(19-37)15-22(27)16-30(41)47-36(2,3)4/h6-9,11,14-15,17-18H,5,10,12-13,16,19,37H2,1-4H3,(H,38,43)(H,40,42)(H,44,45). The SMILES string of the molecule is CCCNC(=O)c1ccc(-c2cc3c(cc2C(=O)Nc2ccc(CN)cc2CC(=O)OC(C)(C)C)-c2sccc2CCO3)c(C(=O)O)n1. The van der Waals surface area contributed by atoms with Gasteiger partial charge in [-0.2, -0.15) is 0 Å². The van der Waals surface area contributed by atoms with Crippen molar-refractivity contribution in [1.29, 1.82) is 0 Å². The summed E-state index contributed by atoms with van der Waals surface area (Å²) in [6.45, 7) is 8.25. The van der Waals surface area contributed by atoms with Gasteiger partial charge in [0.1, 0.15) is 17.0 Å². The van der Waals surface area contributed by atoms with Crippen LogP contribution in [-0.4, -0.2) is 52.6 Å². The van der Waals surface area contributed by atoms with Gasteiger partial charge in [-0.25, -0.2) is 9.78 Å². The highest BCUT2D eigenvalue weighted by atomic mass is 32.1. The normalized spacial score (nSPS) is 12.2. The number of carbonyl (C=O) groups excluding carboxylic acids is 3. The summed E-state index contributed by atoms with van der Waals surface area (Å²) in [7, 11) is 0. The maximum Gasteiger partial charge on any atom is 0.355 e. The molecule has 0 bridgehead atoms. The van der Waals surface area contributed by atoms with Crippen LogP contribution in [0.15, 0.2) is 53.9 Å². The van der Waals surface area contributed by atoms with Crippen LogP contribution in [0.1, 0.15) is 82.1 Å². The van der Waals surface area contributed by atoms with Crippen molar-refractivity contribution in [3.63, 3.8) is 0 Å². The van der Waals surface area contributed by atoms with Crippen LogP contribution >= 0.6 is 11.3 Å². The number of thiophene rings is 1. The minimum Gasteiger partial charge on any atom is -0.493 e. The molecule has 250 valence electrons. The van der Waals surface area contributed by atoms with E-state index >= 15 is 0 Å². The number of carboxylic acids is 1. The number of nitrogens with zero attached hydrogens (tertiary/aromatic N) is 1. The fourth-order valence-electron chi connectivity index (χ4n) is 5.39. The molecule has 0 radical (unpaired) electrons. The Labute approximate surface area is 282 Å². The summed E-state index contributed by atoms with van der Waals surface area (Å²) >= 11 is 1.52. The molecule has 0 spiro atoms. The predicted octanol–water partition coefficient (Wildman–Crippen LogP) is 5.85. The summed E-state index contributed by atoms with van der Waals surface area (Å²) in [5.74, 6) is -2.41. The van der Waals surface area contributed by atoms with Crippen LogP contribution in [0.25, 0.3) is 21.6 Å². The van der Waals surface area contributed by atoms with E-state index in [0.717, 1.165) is 16.0 Å². The number of ether oxygens (including phenoxy) is 2. The molecular weight excluding hydrogens is 632 g/mol. The van der Waals surface area contributed by atoms with Gasteiger partial charge in [-0.3, -0.25) is 14.4 Å². The highest BCUT2D eigenvalue weighted by Crippen LogP contribution is 2.43. The first-order valence-corrected chi connectivity index (χ1v) is 16.5. The molecule has 0 atom stereocenters. The average Bonchev–Trinajstić information content (AvgIpc) is 3.44. The molecule has 2 aromatic heterocycles. The van der Waals surface area contributed by atoms with E-state index in [4.69, 9.17) is 15.2 Å². The van der Waals surface area contributed by atoms with Gasteiger partial charge in [0.2, 0.25) is 0 Å². The number of carbonyl (C=O) groups is 4. The van der Waals surface area contributed by atoms with Crippen molar-refractivity contribution in [3.8, 4) is 27.3 Å². The highest BCUT2D eigenvalue weighted by Gasteiger charge is 2.27. The molecule has 48 heavy (non-hydrogen) atoms. The zero-order valence-corrected chi connectivity index (χ0v) is 28.1. The summed E-state index contributed by atoms with van der Waals surface area (Å²) in [4.78, 5) is 57.5. The number of hydrogen-bond acceptors (Lipinski definition) is 9. The quantitative estimate of drug-likeness (QED) is 0.151. The van der Waals surface area contributed by atoms with Gasteiger partial charge < -0.3 is 30.9 Å². The van der Waals surface area contributed by atoms with Crippen molar-refractivity contribution in [3.05, 3.63) is 87.6 Å². The molecule has 1 aliphatic rings. The fourth-order valence-corrected chi connectivity index (χ4v) is 6.36. The van der Waals surface area contributed by atoms with Crippen molar-refractivity contribution >= 4 is 40.8 Å². The Hall–Kier alpha value is -5.07. The summed E-state index contributed by atoms with van der Waals surface area (Å²) in [6.07, 6.45) is 1.25. The molecule has 5 rings (SSSR count). The van der Waals surface area contributed by atoms with Gasteiger partial charge in [-0.1, -0.05) is 19.1 Å². The molecule has 1 aliphatic heterocycles. The second-order valence-corrected chi connectivity index (χ2v) is 13.3. The molecule has 12 heteroatoms. The van der Waals surface area contributed by atoms with Gasteiger partial charge in [0.25, 0.3) is 11.8 Å². The van der Waals surface area contributed by atoms with E-state index in [1.807, 2.05) is 18.4 Å². The number of rotatable bonds is 10. The van der Waals surface area contributed by atoms with E-state index in [0.29, 0.717) is 48.6 Å². The van der Waals surface area contributed by atoms with Crippen molar-refractivity contribution in [2.75, 3.05) is 18.5 Å². The third kappa shape index (κ3) is 7.72. The predicted molar refractivity (Wildman–Crippen MR) is 184 cm³/mol. The van der Waals surface area contributed by atoms with Gasteiger partial charge in [-0.15, -0.1) is 11.3 Å². The molecule has 0 unspecified atom stereocenters. The summed E-state index contributed by atoms with van der Waals surface area (Å²) in [6, 6.07) is 13.5. The molecule has 3 heterocycles. The van der Waals surface area contributed by atoms with E-state index in [1.165, 1.54) is 23.5 Å². The number of aromatic nitrogens is 1. The smallest absolute Gasteiger partial charge is 0.355 e. The zero-order valence-electron chi connectivity index (χ0n) is 27.3. The van der Waals surface area contributed by atoms with E-state index in [1.54, 1.807) is 51.1 Å². The largest absolute Gasteiger partial charge is 0.493 e. The summed E-state index contributed by atoms with van der Waals surface area (Å²) in [5, 5.41) is 17.9. The van der Waals surface area contributed by atoms with Gasteiger partial charge in [-0.05, 0) is 85.7 Å². The molecule has 2 amide bonds. The number of fused-ring (bicyclic) bond motifs is 3. The first-order valence-electron chi connectivity index (χ1n) is 15.6. The number of esters is 1. The van der Waals surface area contributed by atoms with E-state index in [2.05, 4.69) is 15.6 Å². The molecule has 0 aliphatic carbocycles. The zero-order chi connectivity index (χ0) is 34.6. The maximum absolute atomic E-state index is 14.3. The Balaban J connectivity index is 1.63. The number of aromatic carboxylic acids is 1. The summed E-state index contributed by atoms with van der Waals surface area (Å²) in [5.41, 5.74) is 8.68. The highest BCUT2D eigenvalue weighted by molar-refractivity contribution is 7.13. The summed E-state index contributed by atoms with van der Waals surface area (Å²) < 4.78 is 11.7. The third-order valence-electron chi connectivity index (χ3n) is 7.55. The molecule has 0 fully saturated rings. The number of nitrogens with one attached hydrogen (secondary N) is 2. The minimum atomic E-state index is -1.37. The van der Waals surface area contributed by atoms with Crippen LogP contribution in [0.4, 0.5) is 5.69 Å². The van der Waals surface area contributed by atoms with Crippen LogP contribution < -0.4 is 21.1 Å². The minimum absolute atomic E-state index is 0.0587. The number of benzene rings is 2. The molecule has 0 saturated heterocycles. The van der Waals surface area contributed by atoms with Crippen LogP contribution in [0.2, 0.25) is 0 Å². The van der Waals surface area contributed by atoms with Gasteiger partial charge in [0.15, 0.2) is 5.69 Å². The Kier molecular flexibility index (Phi) is 10.3. The van der Waals surface area contributed by atoms with Crippen LogP contribution in [0.5, 0.6) is 5.75 Å². The lowest BCUT2D eigenvalue weighted by Crippen LogP contribution is -2.26. The lowest BCUT2D eigenvalue weighted by atomic mass is 9.93. The molecule has 5 N–H and O–H groups in total. The maximum atomic E-state index is 14.3. The average molecular weight is 671 g/mol. The van der Waals surface area contributed by atoms with Crippen LogP contribution in [0, 0.1) is 0 Å². The van der Waals surface area contributed by atoms with Crippen LogP contribution in [0.3, 0.4) is 0 Å². The Bertz CT molecular complexity index is 1890. The number of nitrogens with two attached hydrogens (primary N) is 1. The number of hydrogen-bond donors (Lipinski definition) is 4. The molecule has 2 aromatic carbocycles. The second-order valence-electron chi connectivity index (χ2n) is 12.3. The molecule has 11 nitrogen and oxygen atoms in total. The number of carboxylic acid groups (broad SMARTS) is 1. The lowest BCUT2D eigenvalue weighted by molar-refractivity contribution is -0.153. The molecule has 4 aromatic rings. The number of anilines is 1. The van der Waals surface area contributed by atoms with Crippen molar-refractivity contribution in [2.45, 2.75) is 59.1 Å². The fraction of sp³-hybridized carbons (Fsp3) is 0.306. The third-order valence-corrected chi connectivity index (χ3v) is 8.54. The van der Waals surface area contributed by atoms with Gasteiger partial charge in [0.05, 0.1) is 13.0 Å². The first kappa shape index (κ1) is 34.3. The lowest BCUT2D eigenvalue weighted by Gasteiger charge is -2.21. The monoisotopic (exact) mass is 670 g/mol. The van der Waals surface area contributed by atoms with Crippen molar-refractivity contribution in [1.82, 2.24) is 10.3 Å². The van der Waals surface area contributed by atoms with Gasteiger partial charge >= 0.3 is 11.9 Å². The van der Waals surface area contributed by atoms with Crippen molar-refractivity contribution < 1.29 is 33.8 Å². The van der Waals surface area contributed by atoms with E-state index in [-0.39, 0.29) is 35.3 Å². The topological polar surface area (TPSA) is 170 Å². The van der Waals surface area contributed by atoms with E-state index < -0.39 is 35.0 Å². The second kappa shape index (κ2) is 14.4. The first-order chi connectivity index (χ1) is 22.9. The molecular formula is C36H38N4O7S. The Morgan fingerprint density at radius 3 is 2.52 bits per heavy atom.